The van der Waals surface area contributed by atoms with Crippen molar-refractivity contribution in [3.63, 3.8) is 0 Å². The number of phenols is 1. The lowest BCUT2D eigenvalue weighted by Crippen LogP contribution is -2.70. The third kappa shape index (κ3) is 8.90. The van der Waals surface area contributed by atoms with Crippen molar-refractivity contribution in [2.24, 2.45) is 22.9 Å². The second kappa shape index (κ2) is 17.8. The number of ether oxygens (including phenoxy) is 3. The van der Waals surface area contributed by atoms with Gasteiger partial charge in [-0.15, -0.1) is 6.58 Å². The van der Waals surface area contributed by atoms with Gasteiger partial charge in [-0.25, -0.2) is 4.79 Å². The van der Waals surface area contributed by atoms with Crippen molar-refractivity contribution in [1.82, 2.24) is 4.90 Å². The number of aliphatic hydroxyl groups excluding tert-OH is 2. The second-order valence-electron chi connectivity index (χ2n) is 15.3. The van der Waals surface area contributed by atoms with Gasteiger partial charge in [0.1, 0.15) is 28.9 Å². The summed E-state index contributed by atoms with van der Waals surface area (Å²) in [4.78, 5) is 32.9. The number of unbranched alkanes of at least 4 members (excludes halogenated alkanes) is 2. The Morgan fingerprint density at radius 3 is 2.44 bits per heavy atom. The maximum absolute atomic E-state index is 14.4. The fraction of sp³-hybridized carbons (Fsp3) is 0.561. The van der Waals surface area contributed by atoms with Gasteiger partial charge in [0.25, 0.3) is 5.69 Å². The van der Waals surface area contributed by atoms with Crippen molar-refractivity contribution in [2.75, 3.05) is 26.4 Å². The summed E-state index contributed by atoms with van der Waals surface area (Å²) >= 11 is 0. The maximum Gasteiger partial charge on any atom is 0.415 e. The number of aromatic hydroxyl groups is 1. The van der Waals surface area contributed by atoms with E-state index >= 15 is 0 Å². The molecule has 1 heterocycles. The molecule has 0 radical (unpaired) electrons. The highest BCUT2D eigenvalue weighted by Gasteiger charge is 2.65. The zero-order valence-electron chi connectivity index (χ0n) is 31.8. The Morgan fingerprint density at radius 1 is 1.11 bits per heavy atom. The zero-order chi connectivity index (χ0) is 39.0. The number of fused-ring (bicyclic) bond motifs is 2. The first-order valence-corrected chi connectivity index (χ1v) is 19.1. The number of hydrogen-bond donors (Lipinski definition) is 3. The summed E-state index contributed by atoms with van der Waals surface area (Å²) in [5, 5.41) is 46.5. The smallest absolute Gasteiger partial charge is 0.415 e. The van der Waals surface area contributed by atoms with Gasteiger partial charge >= 0.3 is 6.09 Å². The van der Waals surface area contributed by atoms with Crippen LogP contribution in [-0.4, -0.2) is 80.7 Å². The quantitative estimate of drug-likeness (QED) is 0.0631. The first-order valence-electron chi connectivity index (χ1n) is 19.1. The van der Waals surface area contributed by atoms with Crippen molar-refractivity contribution in [3.8, 4) is 17.2 Å². The average Bonchev–Trinajstić information content (AvgIpc) is 3.13. The van der Waals surface area contributed by atoms with Crippen LogP contribution in [0.1, 0.15) is 90.5 Å². The molecule has 0 spiro atoms. The molecule has 3 aliphatic rings. The van der Waals surface area contributed by atoms with Gasteiger partial charge in [-0.3, -0.25) is 15.0 Å². The number of nitro benzene ring substituents is 1. The zero-order valence-corrected chi connectivity index (χ0v) is 31.8. The van der Waals surface area contributed by atoms with E-state index in [2.05, 4.69) is 12.7 Å². The van der Waals surface area contributed by atoms with E-state index < -0.39 is 34.4 Å². The number of aliphatic hydroxyl groups is 2. The molecule has 1 aliphatic heterocycles. The van der Waals surface area contributed by atoms with E-state index in [1.54, 1.807) is 29.2 Å². The van der Waals surface area contributed by atoms with E-state index in [9.17, 15) is 30.2 Å². The van der Waals surface area contributed by atoms with Crippen LogP contribution in [0, 0.1) is 27.9 Å². The van der Waals surface area contributed by atoms with Crippen LogP contribution in [0.2, 0.25) is 0 Å². The third-order valence-corrected chi connectivity index (χ3v) is 10.4. The minimum absolute atomic E-state index is 0.00960. The van der Waals surface area contributed by atoms with Crippen molar-refractivity contribution in [2.45, 2.75) is 102 Å². The number of nitro groups is 1. The molecule has 2 aromatic rings. The highest BCUT2D eigenvalue weighted by molar-refractivity contribution is 6.03. The lowest BCUT2D eigenvalue weighted by molar-refractivity contribution is -0.384. The molecule has 2 aromatic carbocycles. The molecule has 0 aromatic heterocycles. The molecule has 6 atom stereocenters. The molecular weight excluding hydrogens is 694 g/mol. The van der Waals surface area contributed by atoms with Gasteiger partial charge in [-0.2, -0.15) is 0 Å². The third-order valence-electron chi connectivity index (χ3n) is 10.4. The molecule has 54 heavy (non-hydrogen) atoms. The lowest BCUT2D eigenvalue weighted by atomic mass is 9.55. The number of hydrogen-bond acceptors (Lipinski definition) is 11. The molecule has 0 saturated heterocycles. The largest absolute Gasteiger partial charge is 0.508 e. The van der Waals surface area contributed by atoms with Crippen LogP contribution >= 0.6 is 0 Å². The van der Waals surface area contributed by atoms with Crippen molar-refractivity contribution >= 4 is 17.5 Å². The Labute approximate surface area is 317 Å². The number of carbonyl (C=O) groups is 1. The van der Waals surface area contributed by atoms with E-state index in [-0.39, 0.29) is 67.7 Å². The minimum Gasteiger partial charge on any atom is -0.508 e. The van der Waals surface area contributed by atoms with Gasteiger partial charge in [0, 0.05) is 49.8 Å². The summed E-state index contributed by atoms with van der Waals surface area (Å²) in [6.07, 6.45) is 8.37. The summed E-state index contributed by atoms with van der Waals surface area (Å²) in [6, 6.07) is 9.61. The molecule has 13 nitrogen and oxygen atoms in total. The fourth-order valence-electron chi connectivity index (χ4n) is 8.26. The van der Waals surface area contributed by atoms with E-state index in [0.717, 1.165) is 36.8 Å². The van der Waals surface area contributed by atoms with Crippen LogP contribution in [-0.2, 0) is 9.57 Å². The second-order valence-corrected chi connectivity index (χ2v) is 15.3. The Hall–Kier alpha value is -4.46. The summed E-state index contributed by atoms with van der Waals surface area (Å²) in [6.45, 7) is 12.1. The van der Waals surface area contributed by atoms with Gasteiger partial charge in [-0.05, 0) is 101 Å². The van der Waals surface area contributed by atoms with Crippen LogP contribution in [0.3, 0.4) is 0 Å². The van der Waals surface area contributed by atoms with Gasteiger partial charge in [0.15, 0.2) is 0 Å². The minimum atomic E-state index is -1.48. The Morgan fingerprint density at radius 2 is 1.81 bits per heavy atom. The van der Waals surface area contributed by atoms with Gasteiger partial charge in [0.2, 0.25) is 5.79 Å². The number of nitrogens with zero attached hydrogens (tertiary/aromatic N) is 3. The Bertz CT molecular complexity index is 1690. The standard InChI is InChI=1S/C41H55N3O10/c1-6-20-43(39(48)52-30-17-14-28(15-18-30)44(49)50)36-26-34(42-54-40(3,4)5)32-24-27(12-8-10-21-45)31(13-9-11-22-46)37-33-25-29(47)16-19-35(33)53-41(36,38(32)37)51-23-7-2/h7,14-19,24-25,27,31,36-38,45-47H,2,6,8-13,20-23,26H2,1,3-5H3. The van der Waals surface area contributed by atoms with Crippen LogP contribution in [0.5, 0.6) is 17.2 Å². The van der Waals surface area contributed by atoms with Gasteiger partial charge < -0.3 is 34.4 Å². The number of carbonyl (C=O) groups excluding carboxylic acids is 1. The molecule has 1 amide bonds. The van der Waals surface area contributed by atoms with E-state index in [1.807, 2.05) is 27.7 Å². The predicted molar refractivity (Wildman–Crippen MR) is 204 cm³/mol. The lowest BCUT2D eigenvalue weighted by Gasteiger charge is -2.59. The van der Waals surface area contributed by atoms with Crippen LogP contribution < -0.4 is 9.47 Å². The van der Waals surface area contributed by atoms with Crippen molar-refractivity contribution in [3.05, 3.63) is 82.4 Å². The Balaban J connectivity index is 1.74. The molecule has 1 saturated carbocycles. The summed E-state index contributed by atoms with van der Waals surface area (Å²) in [7, 11) is 0. The highest BCUT2D eigenvalue weighted by atomic mass is 16.7. The first-order chi connectivity index (χ1) is 25.9. The van der Waals surface area contributed by atoms with Gasteiger partial charge in [0.05, 0.1) is 23.2 Å². The molecule has 0 bridgehead atoms. The number of non-ortho nitro benzene ring substituents is 1. The number of oxime groups is 1. The number of benzene rings is 2. The first kappa shape index (κ1) is 40.7. The maximum atomic E-state index is 14.4. The van der Waals surface area contributed by atoms with Crippen LogP contribution in [0.25, 0.3) is 0 Å². The normalized spacial score (nSPS) is 25.1. The van der Waals surface area contributed by atoms with E-state index in [1.165, 1.54) is 24.3 Å². The van der Waals surface area contributed by atoms with Crippen LogP contribution in [0.15, 0.2) is 71.9 Å². The Kier molecular flexibility index (Phi) is 13.4. The SMILES string of the molecule is C=CCOC12Oc3ccc(O)cc3C3C(CCCCO)C(CCCCO)C=C(C(=NOC(C)(C)C)CC1N(CCC)C(=O)Oc1ccc([N+](=O)[O-])cc1)C32. The number of amides is 1. The molecule has 1 fully saturated rings. The fourth-order valence-corrected chi connectivity index (χ4v) is 8.26. The van der Waals surface area contributed by atoms with Crippen molar-refractivity contribution in [1.29, 1.82) is 0 Å². The molecule has 13 heteroatoms. The summed E-state index contributed by atoms with van der Waals surface area (Å²) in [5.74, 6) is -1.47. The van der Waals surface area contributed by atoms with Crippen molar-refractivity contribution < 1.29 is 44.1 Å². The molecule has 2 aliphatic carbocycles. The van der Waals surface area contributed by atoms with Gasteiger partial charge in [-0.1, -0.05) is 37.1 Å². The summed E-state index contributed by atoms with van der Waals surface area (Å²) < 4.78 is 19.9. The number of rotatable bonds is 17. The predicted octanol–water partition coefficient (Wildman–Crippen LogP) is 7.64. The monoisotopic (exact) mass is 749 g/mol. The molecule has 5 rings (SSSR count). The molecular formula is C41H55N3O10. The molecule has 294 valence electrons. The van der Waals surface area contributed by atoms with E-state index in [4.69, 9.17) is 24.2 Å². The number of allylic oxidation sites excluding steroid dienone is 1. The van der Waals surface area contributed by atoms with Crippen LogP contribution in [0.4, 0.5) is 10.5 Å². The molecule has 6 unspecified atom stereocenters. The number of phenolic OH excluding ortho intramolecular Hbond substituents is 1. The van der Waals surface area contributed by atoms with E-state index in [0.29, 0.717) is 30.7 Å². The molecule has 3 N–H and O–H groups in total. The summed E-state index contributed by atoms with van der Waals surface area (Å²) in [5.41, 5.74) is 1.58. The topological polar surface area (TPSA) is 173 Å². The highest BCUT2D eigenvalue weighted by Crippen LogP contribution is 2.62. The average molecular weight is 750 g/mol.